The minimum Gasteiger partial charge on any atom is -0.478 e. The summed E-state index contributed by atoms with van der Waals surface area (Å²) in [6.45, 7) is 5.61. The zero-order valence-corrected chi connectivity index (χ0v) is 37.2. The molecule has 6 heterocycles. The Kier molecular flexibility index (Phi) is 12.5. The average molecular weight is 916 g/mol. The van der Waals surface area contributed by atoms with E-state index in [2.05, 4.69) is 30.7 Å². The van der Waals surface area contributed by atoms with Crippen molar-refractivity contribution in [2.45, 2.75) is 108 Å². The Balaban J connectivity index is 0.756. The quantitative estimate of drug-likeness (QED) is 0.160. The van der Waals surface area contributed by atoms with Gasteiger partial charge in [0.1, 0.15) is 23.1 Å². The number of halogens is 3. The van der Waals surface area contributed by atoms with Crippen molar-refractivity contribution < 1.29 is 37.4 Å². The fraction of sp³-hybridized carbons (Fsp3) is 0.500. The van der Waals surface area contributed by atoms with Gasteiger partial charge in [0, 0.05) is 73.3 Å². The maximum Gasteiger partial charge on any atom is 0.293 e. The molecule has 4 fully saturated rings. The molecular weight excluding hydrogens is 864 g/mol. The maximum absolute atomic E-state index is 16.0. The van der Waals surface area contributed by atoms with Gasteiger partial charge >= 0.3 is 0 Å². The first-order chi connectivity index (χ1) is 31.3. The van der Waals surface area contributed by atoms with E-state index in [1.807, 2.05) is 32.0 Å². The van der Waals surface area contributed by atoms with Gasteiger partial charge in [0.05, 0.1) is 30.5 Å². The smallest absolute Gasteiger partial charge is 0.293 e. The number of likely N-dealkylation sites (tertiary alicyclic amines) is 1. The van der Waals surface area contributed by atoms with E-state index in [0.717, 1.165) is 31.1 Å². The van der Waals surface area contributed by atoms with Gasteiger partial charge < -0.3 is 34.5 Å². The second-order valence-electron chi connectivity index (χ2n) is 17.9. The Morgan fingerprint density at radius 1 is 1.02 bits per heavy atom. The van der Waals surface area contributed by atoms with Crippen molar-refractivity contribution >= 4 is 63.6 Å². The molecule has 65 heavy (non-hydrogen) atoms. The molecule has 3 atom stereocenters. The zero-order chi connectivity index (χ0) is 45.7. The number of fused-ring (bicyclic) bond motifs is 2. The molecule has 19 heteroatoms. The number of nitrogens with one attached hydrogen (secondary N) is 3. The fourth-order valence-corrected chi connectivity index (χ4v) is 10.0. The first-order valence-corrected chi connectivity index (χ1v) is 22.7. The topological polar surface area (TPSA) is 180 Å². The van der Waals surface area contributed by atoms with E-state index in [9.17, 15) is 24.0 Å². The number of carbonyl (C=O) groups is 4. The highest BCUT2D eigenvalue weighted by Gasteiger charge is 2.44. The molecule has 4 amide bonds. The normalized spacial score (nSPS) is 24.0. The molecule has 2 aromatic carbocycles. The molecule has 3 saturated heterocycles. The number of piperidine rings is 3. The Labute approximate surface area is 379 Å². The highest BCUT2D eigenvalue weighted by Crippen LogP contribution is 2.40. The fourth-order valence-electron chi connectivity index (χ4n) is 9.89. The third-order valence-electron chi connectivity index (χ3n) is 13.5. The van der Waals surface area contributed by atoms with Crippen LogP contribution in [0.1, 0.15) is 92.2 Å². The number of benzene rings is 2. The number of likely N-dealkylation sites (N-methyl/N-ethyl adjacent to an activating group) is 1. The van der Waals surface area contributed by atoms with E-state index in [4.69, 9.17) is 26.1 Å². The van der Waals surface area contributed by atoms with Crippen molar-refractivity contribution in [2.75, 3.05) is 50.1 Å². The summed E-state index contributed by atoms with van der Waals surface area (Å²) in [4.78, 5) is 77.2. The van der Waals surface area contributed by atoms with Crippen LogP contribution in [-0.2, 0) is 25.7 Å². The van der Waals surface area contributed by atoms with Crippen LogP contribution in [0.2, 0.25) is 5.02 Å². The minimum atomic E-state index is -1.29. The van der Waals surface area contributed by atoms with Crippen LogP contribution < -0.4 is 31.1 Å². The summed E-state index contributed by atoms with van der Waals surface area (Å²) in [5, 5.41) is 9.12. The van der Waals surface area contributed by atoms with Crippen LogP contribution >= 0.6 is 11.6 Å². The number of pyridine rings is 1. The summed E-state index contributed by atoms with van der Waals surface area (Å²) in [6, 6.07) is 9.43. The number of hydrogen-bond donors (Lipinski definition) is 3. The van der Waals surface area contributed by atoms with Gasteiger partial charge in [-0.3, -0.25) is 34.2 Å². The molecule has 16 nitrogen and oxygen atoms in total. The molecule has 5 aliphatic rings. The highest BCUT2D eigenvalue weighted by atomic mass is 35.5. The average Bonchev–Trinajstić information content (AvgIpc) is 3.61. The molecule has 3 N–H and O–H groups in total. The first kappa shape index (κ1) is 44.5. The van der Waals surface area contributed by atoms with Crippen LogP contribution in [0.4, 0.5) is 26.2 Å². The molecule has 1 saturated carbocycles. The molecule has 344 valence electrons. The molecule has 1 aliphatic carbocycles. The number of hydrogen-bond acceptors (Lipinski definition) is 12. The van der Waals surface area contributed by atoms with Crippen molar-refractivity contribution in [3.63, 3.8) is 0 Å². The molecule has 0 spiro atoms. The van der Waals surface area contributed by atoms with Crippen LogP contribution in [0.5, 0.6) is 5.75 Å². The van der Waals surface area contributed by atoms with Crippen molar-refractivity contribution in [3.8, 4) is 5.75 Å². The maximum atomic E-state index is 16.0. The van der Waals surface area contributed by atoms with Crippen LogP contribution in [0.15, 0.2) is 47.4 Å². The van der Waals surface area contributed by atoms with E-state index >= 15 is 8.78 Å². The second-order valence-corrected chi connectivity index (χ2v) is 18.3. The monoisotopic (exact) mass is 915 g/mol. The lowest BCUT2D eigenvalue weighted by molar-refractivity contribution is -0.137. The summed E-state index contributed by atoms with van der Waals surface area (Å²) in [5.41, 5.74) is 1.69. The number of alkyl halides is 1. The van der Waals surface area contributed by atoms with Gasteiger partial charge in [-0.15, -0.1) is 0 Å². The SMILES string of the molecule is CNC(=O)COc1cc2cc(Nc3nc(N4CCC(OC5CC(N6CC[C@@H](c7ccc8c(c7F)CN([C@@H]7CCC(=O)NC7=O)C8=O)[C@@H](F)C6)C5)CC4)ncc3Cl)ccc2n(C(C)C)c1=O. The van der Waals surface area contributed by atoms with E-state index in [0.29, 0.717) is 54.0 Å². The van der Waals surface area contributed by atoms with Crippen molar-refractivity contribution in [1.29, 1.82) is 0 Å². The minimum absolute atomic E-state index is 0.0633. The lowest BCUT2D eigenvalue weighted by Gasteiger charge is -2.47. The summed E-state index contributed by atoms with van der Waals surface area (Å²) < 4.78 is 45.7. The lowest BCUT2D eigenvalue weighted by Crippen LogP contribution is -2.54. The molecule has 0 radical (unpaired) electrons. The van der Waals surface area contributed by atoms with Crippen LogP contribution in [-0.4, -0.2) is 118 Å². The summed E-state index contributed by atoms with van der Waals surface area (Å²) in [6.07, 6.45) is 4.30. The molecule has 0 bridgehead atoms. The number of imide groups is 1. The summed E-state index contributed by atoms with van der Waals surface area (Å²) in [7, 11) is 1.50. The Bertz CT molecular complexity index is 2600. The molecule has 4 aliphatic heterocycles. The van der Waals surface area contributed by atoms with E-state index < -0.39 is 41.7 Å². The van der Waals surface area contributed by atoms with Gasteiger partial charge in [-0.05, 0) is 94.8 Å². The number of aromatic nitrogens is 3. The van der Waals surface area contributed by atoms with Gasteiger partial charge in [-0.2, -0.15) is 4.98 Å². The van der Waals surface area contributed by atoms with E-state index in [1.165, 1.54) is 18.0 Å². The van der Waals surface area contributed by atoms with Gasteiger partial charge in [0.15, 0.2) is 18.2 Å². The van der Waals surface area contributed by atoms with Crippen LogP contribution in [0.3, 0.4) is 0 Å². The summed E-state index contributed by atoms with van der Waals surface area (Å²) in [5.74, 6) is -1.96. The third kappa shape index (κ3) is 8.87. The van der Waals surface area contributed by atoms with Crippen LogP contribution in [0, 0.1) is 5.82 Å². The summed E-state index contributed by atoms with van der Waals surface area (Å²) >= 11 is 6.58. The van der Waals surface area contributed by atoms with E-state index in [-0.39, 0.29) is 90.7 Å². The van der Waals surface area contributed by atoms with Gasteiger partial charge in [0.25, 0.3) is 17.4 Å². The zero-order valence-electron chi connectivity index (χ0n) is 36.5. The van der Waals surface area contributed by atoms with Gasteiger partial charge in [-0.1, -0.05) is 17.7 Å². The molecule has 0 unspecified atom stereocenters. The highest BCUT2D eigenvalue weighted by molar-refractivity contribution is 6.33. The number of amides is 4. The predicted octanol–water partition coefficient (Wildman–Crippen LogP) is 5.14. The van der Waals surface area contributed by atoms with Crippen molar-refractivity contribution in [3.05, 3.63) is 80.5 Å². The molecule has 4 aromatic rings. The molecule has 2 aromatic heterocycles. The number of anilines is 3. The Morgan fingerprint density at radius 2 is 1.80 bits per heavy atom. The van der Waals surface area contributed by atoms with Crippen molar-refractivity contribution in [2.24, 2.45) is 0 Å². The first-order valence-electron chi connectivity index (χ1n) is 22.3. The van der Waals surface area contributed by atoms with E-state index in [1.54, 1.807) is 22.9 Å². The molecular formula is C46H52ClF2N9O7. The number of ether oxygens (including phenoxy) is 2. The number of rotatable bonds is 12. The second kappa shape index (κ2) is 18.3. The Hall–Kier alpha value is -5.72. The molecule has 9 rings (SSSR count). The number of nitrogens with zero attached hydrogens (tertiary/aromatic N) is 6. The Morgan fingerprint density at radius 3 is 2.52 bits per heavy atom. The standard InChI is InChI=1S/C46H52ClF2N9O7/c1-24(2)58-36-7-4-26(16-25(36)17-38(45(58)63)64-23-40(60)50-3)52-42-34(47)20-51-46(54-42)55-13-10-28(11-14-55)65-29-18-27(19-29)56-15-12-30(35(48)22-56)31-5-6-32-33(41(31)49)21-57(44(32)62)37-8-9-39(59)53-43(37)61/h4-7,16-17,20,24,27-30,35,37H,8-15,18-19,21-23H2,1-3H3,(H,50,60)(H,51,52,54)(H,53,59,61)/t27?,29?,30-,35-,37+/m0/s1. The van der Waals surface area contributed by atoms with Crippen LogP contribution in [0.25, 0.3) is 10.9 Å². The predicted molar refractivity (Wildman–Crippen MR) is 238 cm³/mol. The largest absolute Gasteiger partial charge is 0.478 e. The third-order valence-corrected chi connectivity index (χ3v) is 13.8. The number of carbonyl (C=O) groups excluding carboxylic acids is 4. The lowest BCUT2D eigenvalue weighted by atomic mass is 9.82. The van der Waals surface area contributed by atoms with Gasteiger partial charge in [0.2, 0.25) is 17.8 Å². The van der Waals surface area contributed by atoms with Crippen molar-refractivity contribution in [1.82, 2.24) is 35.0 Å². The van der Waals surface area contributed by atoms with Gasteiger partial charge in [-0.25, -0.2) is 13.8 Å².